The lowest BCUT2D eigenvalue weighted by Crippen LogP contribution is -2.38. The van der Waals surface area contributed by atoms with Gasteiger partial charge in [0.1, 0.15) is 0 Å². The van der Waals surface area contributed by atoms with Crippen molar-refractivity contribution in [1.29, 1.82) is 0 Å². The minimum Gasteiger partial charge on any atom is -0.393 e. The van der Waals surface area contributed by atoms with Crippen LogP contribution in [0.15, 0.2) is 0 Å². The van der Waals surface area contributed by atoms with Crippen LogP contribution in [0.1, 0.15) is 39.5 Å². The molecule has 1 rings (SSSR count). The zero-order chi connectivity index (χ0) is 13.6. The molecule has 18 heavy (non-hydrogen) atoms. The quantitative estimate of drug-likeness (QED) is 0.723. The second-order valence-electron chi connectivity index (χ2n) is 6.12. The fourth-order valence-corrected chi connectivity index (χ4v) is 2.70. The number of thiocarbonyl (C=S) groups is 1. The highest BCUT2D eigenvalue weighted by Crippen LogP contribution is 2.24. The van der Waals surface area contributed by atoms with Crippen LogP contribution in [-0.4, -0.2) is 43.2 Å². The molecule has 0 aromatic rings. The maximum atomic E-state index is 5.75. The molecule has 1 heterocycles. The molecule has 1 atom stereocenters. The summed E-state index contributed by atoms with van der Waals surface area (Å²) in [4.78, 5) is 3.20. The summed E-state index contributed by atoms with van der Waals surface area (Å²) in [5.74, 6) is 0.715. The number of nitrogens with zero attached hydrogens (tertiary/aromatic N) is 1. The Balaban J connectivity index is 2.25. The molecule has 0 bridgehead atoms. The number of methoxy groups -OCH3 is 1. The van der Waals surface area contributed by atoms with Crippen LogP contribution in [0.4, 0.5) is 0 Å². The van der Waals surface area contributed by atoms with Gasteiger partial charge in [0.05, 0.1) is 11.6 Å². The van der Waals surface area contributed by atoms with Gasteiger partial charge in [-0.1, -0.05) is 26.1 Å². The first kappa shape index (κ1) is 15.9. The second-order valence-corrected chi connectivity index (χ2v) is 6.56. The number of likely N-dealkylation sites (tertiary alicyclic amines) is 1. The van der Waals surface area contributed by atoms with Crippen molar-refractivity contribution in [3.8, 4) is 0 Å². The Morgan fingerprint density at radius 1 is 1.50 bits per heavy atom. The van der Waals surface area contributed by atoms with E-state index in [1.165, 1.54) is 32.4 Å². The molecule has 1 saturated heterocycles. The number of rotatable bonds is 7. The Morgan fingerprint density at radius 3 is 2.83 bits per heavy atom. The standard InChI is InChI=1S/C14H28N2OS/c1-14(2,13(15)18)7-5-9-16-8-4-6-12(10-16)11-17-3/h12H,4-11H2,1-3H3,(H2,15,18). The number of hydrogen-bond acceptors (Lipinski definition) is 3. The zero-order valence-corrected chi connectivity index (χ0v) is 12.9. The first-order valence-corrected chi connectivity index (χ1v) is 7.37. The lowest BCUT2D eigenvalue weighted by atomic mass is 9.87. The molecule has 3 nitrogen and oxygen atoms in total. The highest BCUT2D eigenvalue weighted by atomic mass is 32.1. The third kappa shape index (κ3) is 5.21. The summed E-state index contributed by atoms with van der Waals surface area (Å²) in [6, 6.07) is 0. The van der Waals surface area contributed by atoms with Crippen molar-refractivity contribution < 1.29 is 4.74 Å². The van der Waals surface area contributed by atoms with Gasteiger partial charge in [-0.15, -0.1) is 0 Å². The summed E-state index contributed by atoms with van der Waals surface area (Å²) in [6.07, 6.45) is 4.85. The first-order chi connectivity index (χ1) is 8.45. The van der Waals surface area contributed by atoms with Crippen LogP contribution in [0.5, 0.6) is 0 Å². The van der Waals surface area contributed by atoms with E-state index in [4.69, 9.17) is 22.7 Å². The van der Waals surface area contributed by atoms with Gasteiger partial charge >= 0.3 is 0 Å². The Labute approximate surface area is 117 Å². The summed E-state index contributed by atoms with van der Waals surface area (Å²) in [6.45, 7) is 8.74. The predicted molar refractivity (Wildman–Crippen MR) is 80.8 cm³/mol. The van der Waals surface area contributed by atoms with E-state index in [9.17, 15) is 0 Å². The van der Waals surface area contributed by atoms with Crippen LogP contribution in [0.3, 0.4) is 0 Å². The molecule has 0 amide bonds. The van der Waals surface area contributed by atoms with Gasteiger partial charge in [0.2, 0.25) is 0 Å². The molecule has 1 aliphatic heterocycles. The van der Waals surface area contributed by atoms with Crippen molar-refractivity contribution >= 4 is 17.2 Å². The van der Waals surface area contributed by atoms with E-state index in [-0.39, 0.29) is 5.41 Å². The zero-order valence-electron chi connectivity index (χ0n) is 12.1. The summed E-state index contributed by atoms with van der Waals surface area (Å²) < 4.78 is 5.26. The fraction of sp³-hybridized carbons (Fsp3) is 0.929. The maximum Gasteiger partial charge on any atom is 0.0784 e. The van der Waals surface area contributed by atoms with Crippen LogP contribution in [-0.2, 0) is 4.74 Å². The van der Waals surface area contributed by atoms with Gasteiger partial charge < -0.3 is 15.4 Å². The van der Waals surface area contributed by atoms with E-state index < -0.39 is 0 Å². The van der Waals surface area contributed by atoms with Crippen LogP contribution >= 0.6 is 12.2 Å². The summed E-state index contributed by atoms with van der Waals surface area (Å²) >= 11 is 5.10. The molecule has 106 valence electrons. The number of ether oxygens (including phenoxy) is 1. The third-order valence-electron chi connectivity index (χ3n) is 3.95. The predicted octanol–water partition coefficient (Wildman–Crippen LogP) is 2.44. The van der Waals surface area contributed by atoms with Crippen molar-refractivity contribution in [3.63, 3.8) is 0 Å². The minimum atomic E-state index is -0.00293. The van der Waals surface area contributed by atoms with E-state index >= 15 is 0 Å². The summed E-state index contributed by atoms with van der Waals surface area (Å²) in [5, 5.41) is 0. The minimum absolute atomic E-state index is 0.00293. The number of piperidine rings is 1. The van der Waals surface area contributed by atoms with Crippen molar-refractivity contribution in [2.75, 3.05) is 33.4 Å². The van der Waals surface area contributed by atoms with Crippen LogP contribution in [0.25, 0.3) is 0 Å². The molecule has 4 heteroatoms. The molecule has 1 unspecified atom stereocenters. The molecule has 0 saturated carbocycles. The van der Waals surface area contributed by atoms with Crippen molar-refractivity contribution in [2.24, 2.45) is 17.1 Å². The summed E-state index contributed by atoms with van der Waals surface area (Å²) in [5.41, 5.74) is 5.75. The summed E-state index contributed by atoms with van der Waals surface area (Å²) in [7, 11) is 1.80. The Kier molecular flexibility index (Phi) is 6.53. The lowest BCUT2D eigenvalue weighted by Gasteiger charge is -2.33. The monoisotopic (exact) mass is 272 g/mol. The molecule has 0 aliphatic carbocycles. The van der Waals surface area contributed by atoms with Gasteiger partial charge in [0, 0.05) is 19.1 Å². The molecule has 1 fully saturated rings. The van der Waals surface area contributed by atoms with E-state index in [2.05, 4.69) is 18.7 Å². The molecule has 0 aromatic heterocycles. The number of hydrogen-bond donors (Lipinski definition) is 1. The Hall–Kier alpha value is -0.190. The van der Waals surface area contributed by atoms with Gasteiger partial charge in [-0.3, -0.25) is 0 Å². The Bertz CT molecular complexity index is 267. The van der Waals surface area contributed by atoms with E-state index in [1.54, 1.807) is 7.11 Å². The lowest BCUT2D eigenvalue weighted by molar-refractivity contribution is 0.0890. The van der Waals surface area contributed by atoms with Crippen LogP contribution < -0.4 is 5.73 Å². The molecular formula is C14H28N2OS. The van der Waals surface area contributed by atoms with Crippen LogP contribution in [0.2, 0.25) is 0 Å². The molecule has 0 radical (unpaired) electrons. The van der Waals surface area contributed by atoms with Gasteiger partial charge in [-0.2, -0.15) is 0 Å². The molecule has 1 aliphatic rings. The molecule has 0 spiro atoms. The van der Waals surface area contributed by atoms with Crippen LogP contribution in [0, 0.1) is 11.3 Å². The average molecular weight is 272 g/mol. The van der Waals surface area contributed by atoms with E-state index in [0.717, 1.165) is 19.6 Å². The van der Waals surface area contributed by atoms with Gasteiger partial charge in [-0.25, -0.2) is 0 Å². The normalized spacial score (nSPS) is 22.1. The van der Waals surface area contributed by atoms with Gasteiger partial charge in [0.25, 0.3) is 0 Å². The highest BCUT2D eigenvalue weighted by molar-refractivity contribution is 7.80. The number of nitrogens with two attached hydrogens (primary N) is 1. The SMILES string of the molecule is COCC1CCCN(CCCC(C)(C)C(N)=S)C1. The van der Waals surface area contributed by atoms with Gasteiger partial charge in [0.15, 0.2) is 0 Å². The fourth-order valence-electron chi connectivity index (χ4n) is 2.59. The smallest absolute Gasteiger partial charge is 0.0784 e. The molecule has 2 N–H and O–H groups in total. The van der Waals surface area contributed by atoms with Crippen molar-refractivity contribution in [1.82, 2.24) is 4.90 Å². The second kappa shape index (κ2) is 7.41. The van der Waals surface area contributed by atoms with Crippen molar-refractivity contribution in [2.45, 2.75) is 39.5 Å². The largest absolute Gasteiger partial charge is 0.393 e. The van der Waals surface area contributed by atoms with Gasteiger partial charge in [-0.05, 0) is 44.7 Å². The molecular weight excluding hydrogens is 244 g/mol. The van der Waals surface area contributed by atoms with E-state index in [0.29, 0.717) is 10.9 Å². The maximum absolute atomic E-state index is 5.75. The molecule has 0 aromatic carbocycles. The third-order valence-corrected chi connectivity index (χ3v) is 4.50. The van der Waals surface area contributed by atoms with Crippen molar-refractivity contribution in [3.05, 3.63) is 0 Å². The van der Waals surface area contributed by atoms with E-state index in [1.807, 2.05) is 0 Å². The topological polar surface area (TPSA) is 38.5 Å². The average Bonchev–Trinajstić information content (AvgIpc) is 2.29. The first-order valence-electron chi connectivity index (χ1n) is 6.97. The Morgan fingerprint density at radius 2 is 2.22 bits per heavy atom. The highest BCUT2D eigenvalue weighted by Gasteiger charge is 2.23.